The number of aliphatic hydroxyl groups excluding tert-OH is 2. The minimum atomic E-state index is -0.928. The van der Waals surface area contributed by atoms with Gasteiger partial charge in [0.15, 0.2) is 0 Å². The lowest BCUT2D eigenvalue weighted by atomic mass is 9.77. The number of benzene rings is 1. The van der Waals surface area contributed by atoms with Crippen LogP contribution in [0.15, 0.2) is 35.9 Å². The van der Waals surface area contributed by atoms with E-state index in [4.69, 9.17) is 4.74 Å². The van der Waals surface area contributed by atoms with Crippen molar-refractivity contribution in [1.29, 1.82) is 0 Å². The highest BCUT2D eigenvalue weighted by Gasteiger charge is 2.52. The molecule has 4 unspecified atom stereocenters. The Hall–Kier alpha value is -2.38. The number of aliphatic hydroxyl groups is 2. The molecule has 0 bridgehead atoms. The van der Waals surface area contributed by atoms with Crippen LogP contribution in [0, 0.1) is 5.92 Å². The zero-order valence-corrected chi connectivity index (χ0v) is 19.0. The summed E-state index contributed by atoms with van der Waals surface area (Å²) in [4.78, 5) is 28.9. The zero-order valence-electron chi connectivity index (χ0n) is 19.0. The van der Waals surface area contributed by atoms with Gasteiger partial charge in [0.05, 0.1) is 18.6 Å². The van der Waals surface area contributed by atoms with Gasteiger partial charge in [0.2, 0.25) is 11.8 Å². The molecule has 2 saturated carbocycles. The molecule has 0 aromatic heterocycles. The minimum Gasteiger partial charge on any atom is -0.486 e. The molecule has 33 heavy (non-hydrogen) atoms. The van der Waals surface area contributed by atoms with Gasteiger partial charge < -0.3 is 25.2 Å². The Bertz CT molecular complexity index is 919. The van der Waals surface area contributed by atoms with Crippen molar-refractivity contribution in [2.24, 2.45) is 5.92 Å². The van der Waals surface area contributed by atoms with E-state index < -0.39 is 24.2 Å². The number of carbonyl (C=O) groups excluding carboxylic acids is 2. The normalized spacial score (nSPS) is 29.2. The maximum Gasteiger partial charge on any atom is 0.247 e. The van der Waals surface area contributed by atoms with Crippen LogP contribution in [0.4, 0.5) is 0 Å². The molecule has 4 aliphatic rings. The number of para-hydroxylation sites is 1. The Morgan fingerprint density at radius 2 is 1.76 bits per heavy atom. The van der Waals surface area contributed by atoms with Gasteiger partial charge in [0, 0.05) is 29.6 Å². The van der Waals surface area contributed by atoms with Crippen molar-refractivity contribution < 1.29 is 24.5 Å². The van der Waals surface area contributed by atoms with E-state index in [1.807, 2.05) is 35.2 Å². The SMILES string of the molecule is O=C(NCCO)C1=CC(N(C(=O)C2CCCC2)C2CCCC2)C(O)C2Oc3ccccc3C12. The molecule has 7 nitrogen and oxygen atoms in total. The van der Waals surface area contributed by atoms with Gasteiger partial charge in [-0.3, -0.25) is 9.59 Å². The Balaban J connectivity index is 1.54. The van der Waals surface area contributed by atoms with Crippen molar-refractivity contribution in [3.63, 3.8) is 0 Å². The lowest BCUT2D eigenvalue weighted by Crippen LogP contribution is -2.59. The van der Waals surface area contributed by atoms with Gasteiger partial charge in [0.1, 0.15) is 18.0 Å². The molecule has 178 valence electrons. The second-order valence-electron chi connectivity index (χ2n) is 9.85. The van der Waals surface area contributed by atoms with E-state index in [0.717, 1.165) is 56.9 Å². The lowest BCUT2D eigenvalue weighted by molar-refractivity contribution is -0.144. The van der Waals surface area contributed by atoms with E-state index in [1.54, 1.807) is 0 Å². The first-order chi connectivity index (χ1) is 16.1. The molecule has 3 aliphatic carbocycles. The van der Waals surface area contributed by atoms with Crippen LogP contribution in [0.2, 0.25) is 0 Å². The van der Waals surface area contributed by atoms with E-state index in [1.165, 1.54) is 0 Å². The number of nitrogens with zero attached hydrogens (tertiary/aromatic N) is 1. The first-order valence-corrected chi connectivity index (χ1v) is 12.5. The number of carbonyl (C=O) groups is 2. The zero-order chi connectivity index (χ0) is 22.9. The maximum atomic E-state index is 13.7. The van der Waals surface area contributed by atoms with Crippen LogP contribution >= 0.6 is 0 Å². The highest BCUT2D eigenvalue weighted by atomic mass is 16.5. The quantitative estimate of drug-likeness (QED) is 0.613. The van der Waals surface area contributed by atoms with Gasteiger partial charge in [-0.1, -0.05) is 43.9 Å². The summed E-state index contributed by atoms with van der Waals surface area (Å²) < 4.78 is 6.20. The number of hydrogen-bond acceptors (Lipinski definition) is 5. The molecular formula is C26H34N2O5. The van der Waals surface area contributed by atoms with Crippen LogP contribution in [-0.4, -0.2) is 64.4 Å². The highest BCUT2D eigenvalue weighted by molar-refractivity contribution is 5.96. The standard InChI is InChI=1S/C26H34N2O5/c29-14-13-27-25(31)19-15-20(23(30)24-22(19)18-11-5-6-12-21(18)33-24)28(17-9-3-4-10-17)26(32)16-7-1-2-8-16/h5-6,11-12,15-17,20,22-24,29-30H,1-4,7-10,13-14H2,(H,27,31). The monoisotopic (exact) mass is 454 g/mol. The Morgan fingerprint density at radius 1 is 1.06 bits per heavy atom. The van der Waals surface area contributed by atoms with Gasteiger partial charge in [-0.2, -0.15) is 0 Å². The van der Waals surface area contributed by atoms with Crippen LogP contribution in [-0.2, 0) is 9.59 Å². The van der Waals surface area contributed by atoms with Gasteiger partial charge in [0.25, 0.3) is 0 Å². The first kappa shape index (κ1) is 22.4. The molecule has 0 radical (unpaired) electrons. The van der Waals surface area contributed by atoms with Gasteiger partial charge in [-0.15, -0.1) is 0 Å². The maximum absolute atomic E-state index is 13.7. The van der Waals surface area contributed by atoms with Crippen molar-refractivity contribution in [3.05, 3.63) is 41.5 Å². The predicted octanol–water partition coefficient (Wildman–Crippen LogP) is 2.27. The summed E-state index contributed by atoms with van der Waals surface area (Å²) in [7, 11) is 0. The Morgan fingerprint density at radius 3 is 2.48 bits per heavy atom. The summed E-state index contributed by atoms with van der Waals surface area (Å²) in [6.45, 7) is -0.00273. The summed E-state index contributed by atoms with van der Waals surface area (Å²) in [6, 6.07) is 7.04. The van der Waals surface area contributed by atoms with Crippen molar-refractivity contribution >= 4 is 11.8 Å². The summed E-state index contributed by atoms with van der Waals surface area (Å²) in [5.74, 6) is 0.0951. The summed E-state index contributed by atoms with van der Waals surface area (Å²) in [6.07, 6.45) is 8.18. The van der Waals surface area contributed by atoms with Crippen LogP contribution in [0.5, 0.6) is 5.75 Å². The largest absolute Gasteiger partial charge is 0.486 e. The Labute approximate surface area is 194 Å². The second kappa shape index (κ2) is 9.47. The number of nitrogens with one attached hydrogen (secondary N) is 1. The number of ether oxygens (including phenoxy) is 1. The molecule has 0 spiro atoms. The van der Waals surface area contributed by atoms with E-state index in [2.05, 4.69) is 5.32 Å². The summed E-state index contributed by atoms with van der Waals surface area (Å²) >= 11 is 0. The average molecular weight is 455 g/mol. The number of amides is 2. The fourth-order valence-electron chi connectivity index (χ4n) is 6.30. The van der Waals surface area contributed by atoms with E-state index in [-0.39, 0.29) is 36.9 Å². The third-order valence-corrected chi connectivity index (χ3v) is 7.88. The molecule has 7 heteroatoms. The number of hydrogen-bond donors (Lipinski definition) is 3. The lowest BCUT2D eigenvalue weighted by Gasteiger charge is -2.44. The van der Waals surface area contributed by atoms with Crippen LogP contribution in [0.3, 0.4) is 0 Å². The van der Waals surface area contributed by atoms with Crippen LogP contribution in [0.1, 0.15) is 62.8 Å². The fraction of sp³-hybridized carbons (Fsp3) is 0.615. The molecular weight excluding hydrogens is 420 g/mol. The third-order valence-electron chi connectivity index (χ3n) is 7.88. The molecule has 1 aliphatic heterocycles. The molecule has 2 amide bonds. The first-order valence-electron chi connectivity index (χ1n) is 12.5. The fourth-order valence-corrected chi connectivity index (χ4v) is 6.30. The molecule has 5 rings (SSSR count). The van der Waals surface area contributed by atoms with Crippen molar-refractivity contribution in [3.8, 4) is 5.75 Å². The molecule has 4 atom stereocenters. The topological polar surface area (TPSA) is 99.1 Å². The third kappa shape index (κ3) is 4.06. The second-order valence-corrected chi connectivity index (χ2v) is 9.85. The summed E-state index contributed by atoms with van der Waals surface area (Å²) in [5.41, 5.74) is 1.39. The van der Waals surface area contributed by atoms with E-state index >= 15 is 0 Å². The molecule has 0 saturated heterocycles. The van der Waals surface area contributed by atoms with Gasteiger partial charge in [-0.05, 0) is 37.8 Å². The van der Waals surface area contributed by atoms with Gasteiger partial charge in [-0.25, -0.2) is 0 Å². The Kier molecular flexibility index (Phi) is 6.43. The number of rotatable bonds is 6. The predicted molar refractivity (Wildman–Crippen MR) is 123 cm³/mol. The average Bonchev–Trinajstić information content (AvgIpc) is 3.60. The molecule has 3 N–H and O–H groups in total. The molecule has 1 aromatic rings. The molecule has 2 fully saturated rings. The molecule has 1 aromatic carbocycles. The van der Waals surface area contributed by atoms with Crippen LogP contribution < -0.4 is 10.1 Å². The van der Waals surface area contributed by atoms with E-state index in [0.29, 0.717) is 11.3 Å². The molecule has 1 heterocycles. The smallest absolute Gasteiger partial charge is 0.247 e. The van der Waals surface area contributed by atoms with Crippen LogP contribution in [0.25, 0.3) is 0 Å². The minimum absolute atomic E-state index is 0.00252. The number of fused-ring (bicyclic) bond motifs is 3. The van der Waals surface area contributed by atoms with Crippen molar-refractivity contribution in [1.82, 2.24) is 10.2 Å². The highest BCUT2D eigenvalue weighted by Crippen LogP contribution is 2.48. The summed E-state index contributed by atoms with van der Waals surface area (Å²) in [5, 5.41) is 23.6. The van der Waals surface area contributed by atoms with Crippen molar-refractivity contribution in [2.45, 2.75) is 81.6 Å². The van der Waals surface area contributed by atoms with E-state index in [9.17, 15) is 19.8 Å². The van der Waals surface area contributed by atoms with Gasteiger partial charge >= 0.3 is 0 Å². The van der Waals surface area contributed by atoms with Crippen molar-refractivity contribution in [2.75, 3.05) is 13.2 Å².